The third-order valence-electron chi connectivity index (χ3n) is 5.07. The van der Waals surface area contributed by atoms with Gasteiger partial charge in [-0.2, -0.15) is 0 Å². The van der Waals surface area contributed by atoms with Crippen molar-refractivity contribution in [2.24, 2.45) is 17.6 Å². The van der Waals surface area contributed by atoms with Crippen molar-refractivity contribution >= 4 is 5.91 Å². The molecule has 1 saturated carbocycles. The summed E-state index contributed by atoms with van der Waals surface area (Å²) < 4.78 is 0. The normalized spacial score (nSPS) is 25.0. The fourth-order valence-electron chi connectivity index (χ4n) is 3.73. The lowest BCUT2D eigenvalue weighted by Crippen LogP contribution is -2.70. The van der Waals surface area contributed by atoms with Crippen LogP contribution in [-0.2, 0) is 17.6 Å². The lowest BCUT2D eigenvalue weighted by atomic mass is 9.84. The van der Waals surface area contributed by atoms with Crippen molar-refractivity contribution in [3.05, 3.63) is 35.4 Å². The van der Waals surface area contributed by atoms with Crippen LogP contribution in [0.3, 0.4) is 0 Å². The number of hydrogen-bond donors (Lipinski definition) is 1. The maximum Gasteiger partial charge on any atom is 0.226 e. The van der Waals surface area contributed by atoms with E-state index in [1.54, 1.807) is 0 Å². The first-order valence-corrected chi connectivity index (χ1v) is 7.30. The molecule has 1 amide bonds. The minimum atomic E-state index is -0.0544. The van der Waals surface area contributed by atoms with Gasteiger partial charge in [-0.3, -0.25) is 4.79 Å². The number of carbonyl (C=O) groups is 1. The van der Waals surface area contributed by atoms with E-state index in [-0.39, 0.29) is 11.5 Å². The number of amides is 1. The second kappa shape index (κ2) is 3.83. The molecule has 0 spiro atoms. The Kier molecular flexibility index (Phi) is 2.31. The topological polar surface area (TPSA) is 46.3 Å². The molecule has 100 valence electrons. The fraction of sp³-hybridized carbons (Fsp3) is 0.562. The number of likely N-dealkylation sites (tertiary alicyclic amines) is 1. The van der Waals surface area contributed by atoms with E-state index >= 15 is 0 Å². The van der Waals surface area contributed by atoms with E-state index in [4.69, 9.17) is 5.73 Å². The molecule has 4 rings (SSSR count). The summed E-state index contributed by atoms with van der Waals surface area (Å²) in [7, 11) is 0. The lowest BCUT2D eigenvalue weighted by molar-refractivity contribution is -0.143. The van der Waals surface area contributed by atoms with E-state index in [9.17, 15) is 4.79 Å². The van der Waals surface area contributed by atoms with Gasteiger partial charge in [0, 0.05) is 19.0 Å². The Labute approximate surface area is 113 Å². The SMILES string of the molecule is NC1(C2CC2)CN(C(=O)C2Cc3ccccc3C2)C1. The third kappa shape index (κ3) is 1.79. The molecule has 0 aromatic heterocycles. The minimum Gasteiger partial charge on any atom is -0.339 e. The molecule has 1 saturated heterocycles. The van der Waals surface area contributed by atoms with Crippen LogP contribution < -0.4 is 5.73 Å². The standard InChI is InChI=1S/C16H20N2O/c17-16(14-5-6-14)9-18(10-16)15(19)13-7-11-3-1-2-4-12(11)8-13/h1-4,13-14H,5-10,17H2. The molecule has 0 radical (unpaired) electrons. The van der Waals surface area contributed by atoms with Gasteiger partial charge in [0.1, 0.15) is 0 Å². The predicted molar refractivity (Wildman–Crippen MR) is 73.6 cm³/mol. The predicted octanol–water partition coefficient (Wildman–Crippen LogP) is 1.35. The molecular formula is C16H20N2O. The maximum absolute atomic E-state index is 12.5. The molecule has 2 N–H and O–H groups in total. The summed E-state index contributed by atoms with van der Waals surface area (Å²) in [6.07, 6.45) is 4.33. The molecule has 0 unspecified atom stereocenters. The van der Waals surface area contributed by atoms with Gasteiger partial charge in [-0.05, 0) is 42.7 Å². The minimum absolute atomic E-state index is 0.0544. The highest BCUT2D eigenvalue weighted by molar-refractivity contribution is 5.81. The highest BCUT2D eigenvalue weighted by atomic mass is 16.2. The molecule has 2 fully saturated rings. The van der Waals surface area contributed by atoms with Gasteiger partial charge in [0.05, 0.1) is 5.54 Å². The average molecular weight is 256 g/mol. The van der Waals surface area contributed by atoms with Gasteiger partial charge in [0.15, 0.2) is 0 Å². The Morgan fingerprint density at radius 2 is 1.74 bits per heavy atom. The summed E-state index contributed by atoms with van der Waals surface area (Å²) in [6, 6.07) is 8.42. The maximum atomic E-state index is 12.5. The largest absolute Gasteiger partial charge is 0.339 e. The Morgan fingerprint density at radius 1 is 1.16 bits per heavy atom. The molecule has 1 aromatic rings. The number of nitrogens with zero attached hydrogens (tertiary/aromatic N) is 1. The van der Waals surface area contributed by atoms with Crippen LogP contribution in [0.2, 0.25) is 0 Å². The van der Waals surface area contributed by atoms with Crippen LogP contribution in [-0.4, -0.2) is 29.4 Å². The number of hydrogen-bond acceptors (Lipinski definition) is 2. The van der Waals surface area contributed by atoms with Crippen LogP contribution in [0, 0.1) is 11.8 Å². The summed E-state index contributed by atoms with van der Waals surface area (Å²) in [5, 5.41) is 0. The summed E-state index contributed by atoms with van der Waals surface area (Å²) in [5.41, 5.74) is 8.97. The van der Waals surface area contributed by atoms with Crippen molar-refractivity contribution in [2.75, 3.05) is 13.1 Å². The molecule has 3 nitrogen and oxygen atoms in total. The number of fused-ring (bicyclic) bond motifs is 1. The number of benzene rings is 1. The van der Waals surface area contributed by atoms with Crippen LogP contribution in [0.4, 0.5) is 0 Å². The van der Waals surface area contributed by atoms with E-state index in [1.165, 1.54) is 24.0 Å². The molecule has 3 heteroatoms. The van der Waals surface area contributed by atoms with E-state index in [0.29, 0.717) is 11.8 Å². The van der Waals surface area contributed by atoms with Gasteiger partial charge in [-0.1, -0.05) is 24.3 Å². The van der Waals surface area contributed by atoms with Crippen LogP contribution in [0.25, 0.3) is 0 Å². The first kappa shape index (κ1) is 11.5. The molecule has 0 atom stereocenters. The smallest absolute Gasteiger partial charge is 0.226 e. The molecule has 3 aliphatic rings. The number of nitrogens with two attached hydrogens (primary N) is 1. The van der Waals surface area contributed by atoms with Gasteiger partial charge in [-0.25, -0.2) is 0 Å². The van der Waals surface area contributed by atoms with Crippen molar-refractivity contribution < 1.29 is 4.79 Å². The van der Waals surface area contributed by atoms with Crippen molar-refractivity contribution in [3.63, 3.8) is 0 Å². The van der Waals surface area contributed by atoms with Crippen LogP contribution >= 0.6 is 0 Å². The highest BCUT2D eigenvalue weighted by Gasteiger charge is 2.52. The summed E-state index contributed by atoms with van der Waals surface area (Å²) in [5.74, 6) is 1.15. The summed E-state index contributed by atoms with van der Waals surface area (Å²) in [4.78, 5) is 14.5. The van der Waals surface area contributed by atoms with E-state index in [2.05, 4.69) is 24.3 Å². The molecule has 0 bridgehead atoms. The fourth-order valence-corrected chi connectivity index (χ4v) is 3.73. The van der Waals surface area contributed by atoms with Gasteiger partial charge < -0.3 is 10.6 Å². The van der Waals surface area contributed by atoms with Crippen LogP contribution in [0.15, 0.2) is 24.3 Å². The van der Waals surface area contributed by atoms with E-state index in [1.807, 2.05) is 4.90 Å². The van der Waals surface area contributed by atoms with Crippen molar-refractivity contribution in [2.45, 2.75) is 31.2 Å². The molecule has 19 heavy (non-hydrogen) atoms. The number of rotatable bonds is 2. The van der Waals surface area contributed by atoms with Gasteiger partial charge in [-0.15, -0.1) is 0 Å². The highest BCUT2D eigenvalue weighted by Crippen LogP contribution is 2.43. The number of carbonyl (C=O) groups excluding carboxylic acids is 1. The second-order valence-electron chi connectivity index (χ2n) is 6.58. The van der Waals surface area contributed by atoms with Gasteiger partial charge in [0.25, 0.3) is 0 Å². The van der Waals surface area contributed by atoms with Gasteiger partial charge >= 0.3 is 0 Å². The third-order valence-corrected chi connectivity index (χ3v) is 5.07. The molecule has 1 aliphatic heterocycles. The zero-order valence-corrected chi connectivity index (χ0v) is 11.1. The van der Waals surface area contributed by atoms with E-state index in [0.717, 1.165) is 25.9 Å². The first-order chi connectivity index (χ1) is 9.16. The summed E-state index contributed by atoms with van der Waals surface area (Å²) in [6.45, 7) is 1.56. The zero-order chi connectivity index (χ0) is 13.0. The van der Waals surface area contributed by atoms with Crippen LogP contribution in [0.1, 0.15) is 24.0 Å². The Hall–Kier alpha value is -1.35. The van der Waals surface area contributed by atoms with Crippen LogP contribution in [0.5, 0.6) is 0 Å². The van der Waals surface area contributed by atoms with Crippen molar-refractivity contribution in [1.29, 1.82) is 0 Å². The molecule has 1 heterocycles. The summed E-state index contributed by atoms with van der Waals surface area (Å²) >= 11 is 0. The molecular weight excluding hydrogens is 236 g/mol. The zero-order valence-electron chi connectivity index (χ0n) is 11.1. The van der Waals surface area contributed by atoms with E-state index < -0.39 is 0 Å². The molecule has 1 aromatic carbocycles. The van der Waals surface area contributed by atoms with Gasteiger partial charge in [0.2, 0.25) is 5.91 Å². The van der Waals surface area contributed by atoms with Crippen molar-refractivity contribution in [3.8, 4) is 0 Å². The molecule has 2 aliphatic carbocycles. The second-order valence-corrected chi connectivity index (χ2v) is 6.58. The monoisotopic (exact) mass is 256 g/mol. The Balaban J connectivity index is 1.41. The van der Waals surface area contributed by atoms with Crippen molar-refractivity contribution in [1.82, 2.24) is 4.90 Å². The lowest BCUT2D eigenvalue weighted by Gasteiger charge is -2.49. The Bertz CT molecular complexity index is 504. The quantitative estimate of drug-likeness (QED) is 0.868. The average Bonchev–Trinajstić information content (AvgIpc) is 3.13. The Morgan fingerprint density at radius 3 is 2.26 bits per heavy atom. The first-order valence-electron chi connectivity index (χ1n) is 7.30.